The van der Waals surface area contributed by atoms with Gasteiger partial charge in [-0.05, 0) is 37.5 Å². The average Bonchev–Trinajstić information content (AvgIpc) is 3.30. The summed E-state index contributed by atoms with van der Waals surface area (Å²) in [6.45, 7) is 4.09. The highest BCUT2D eigenvalue weighted by atomic mass is 35.5. The van der Waals surface area contributed by atoms with E-state index in [1.807, 2.05) is 25.3 Å². The molecular formula is C20H27ClN6O. The third-order valence-corrected chi connectivity index (χ3v) is 5.94. The highest BCUT2D eigenvalue weighted by Crippen LogP contribution is 2.34. The van der Waals surface area contributed by atoms with Crippen molar-refractivity contribution in [1.82, 2.24) is 26.1 Å². The summed E-state index contributed by atoms with van der Waals surface area (Å²) in [6, 6.07) is 8.69. The standard InChI is InChI=1S/C20H27ClN6O/c1-3-13(2)22-19(28)9-8-18-23-24-20-17-12-16(14-4-6-15(21)7-5-14)25-27(17)11-10-26(18)20/h4-7,10-11,13,16-17,20,24-25H,3,8-9,12H2,1-2H3,(H,22,28)/t13-,16?,17?,20?/m1/s1. The highest BCUT2D eigenvalue weighted by Gasteiger charge is 2.44. The van der Waals surface area contributed by atoms with E-state index >= 15 is 0 Å². The summed E-state index contributed by atoms with van der Waals surface area (Å²) >= 11 is 6.01. The molecule has 7 nitrogen and oxygen atoms in total. The first-order valence-corrected chi connectivity index (χ1v) is 10.3. The van der Waals surface area contributed by atoms with Crippen LogP contribution in [0, 0.1) is 0 Å². The summed E-state index contributed by atoms with van der Waals surface area (Å²) in [5.74, 6) is 0.989. The third-order valence-electron chi connectivity index (χ3n) is 5.68. The van der Waals surface area contributed by atoms with Crippen LogP contribution in [0.2, 0.25) is 5.02 Å². The summed E-state index contributed by atoms with van der Waals surface area (Å²) in [7, 11) is 0. The molecule has 0 spiro atoms. The molecule has 3 aliphatic rings. The molecule has 150 valence electrons. The van der Waals surface area contributed by atoms with Gasteiger partial charge in [0.2, 0.25) is 5.91 Å². The number of amides is 1. The summed E-state index contributed by atoms with van der Waals surface area (Å²) in [5.41, 5.74) is 8.04. The number of rotatable bonds is 6. The molecule has 4 rings (SSSR count). The van der Waals surface area contributed by atoms with Crippen LogP contribution >= 0.6 is 11.6 Å². The van der Waals surface area contributed by atoms with Crippen molar-refractivity contribution in [2.24, 2.45) is 5.10 Å². The molecule has 1 saturated heterocycles. The van der Waals surface area contributed by atoms with E-state index in [9.17, 15) is 4.79 Å². The quantitative estimate of drug-likeness (QED) is 0.682. The minimum Gasteiger partial charge on any atom is -0.354 e. The van der Waals surface area contributed by atoms with Gasteiger partial charge in [0.1, 0.15) is 12.0 Å². The van der Waals surface area contributed by atoms with Crippen molar-refractivity contribution in [2.45, 2.75) is 63.8 Å². The summed E-state index contributed by atoms with van der Waals surface area (Å²) < 4.78 is 0. The Morgan fingerprint density at radius 3 is 2.89 bits per heavy atom. The van der Waals surface area contributed by atoms with Crippen molar-refractivity contribution in [3.8, 4) is 0 Å². The molecule has 3 aliphatic heterocycles. The van der Waals surface area contributed by atoms with Gasteiger partial charge >= 0.3 is 0 Å². The number of fused-ring (bicyclic) bond motifs is 3. The van der Waals surface area contributed by atoms with Crippen molar-refractivity contribution in [1.29, 1.82) is 0 Å². The first-order chi connectivity index (χ1) is 13.5. The van der Waals surface area contributed by atoms with E-state index in [-0.39, 0.29) is 30.2 Å². The van der Waals surface area contributed by atoms with Gasteiger partial charge in [0.25, 0.3) is 0 Å². The molecule has 1 aromatic rings. The lowest BCUT2D eigenvalue weighted by atomic mass is 9.99. The molecule has 0 bridgehead atoms. The third kappa shape index (κ3) is 3.82. The number of halogens is 1. The second-order valence-electron chi connectivity index (χ2n) is 7.63. The lowest BCUT2D eigenvalue weighted by Gasteiger charge is -2.37. The number of benzene rings is 1. The van der Waals surface area contributed by atoms with Gasteiger partial charge < -0.3 is 15.2 Å². The zero-order chi connectivity index (χ0) is 19.7. The summed E-state index contributed by atoms with van der Waals surface area (Å²) in [4.78, 5) is 14.2. The molecule has 1 amide bonds. The van der Waals surface area contributed by atoms with Gasteiger partial charge in [-0.1, -0.05) is 30.7 Å². The number of nitrogens with zero attached hydrogens (tertiary/aromatic N) is 3. The fourth-order valence-electron chi connectivity index (χ4n) is 3.90. The normalized spacial score (nSPS) is 26.4. The number of hydrogen-bond acceptors (Lipinski definition) is 6. The minimum atomic E-state index is 0.0717. The van der Waals surface area contributed by atoms with Crippen LogP contribution in [-0.2, 0) is 4.79 Å². The van der Waals surface area contributed by atoms with E-state index in [1.165, 1.54) is 5.56 Å². The SMILES string of the molecule is CC[C@@H](C)NC(=O)CCC1=NNC2C3CC(c4ccc(Cl)cc4)NN3C=CN12. The van der Waals surface area contributed by atoms with E-state index in [2.05, 4.69) is 56.4 Å². The van der Waals surface area contributed by atoms with Crippen LogP contribution in [0.25, 0.3) is 0 Å². The molecule has 8 heteroatoms. The molecule has 0 aliphatic carbocycles. The Kier molecular flexibility index (Phi) is 5.46. The number of nitrogens with one attached hydrogen (secondary N) is 3. The zero-order valence-corrected chi connectivity index (χ0v) is 17.0. The number of hydrazine groups is 1. The molecule has 28 heavy (non-hydrogen) atoms. The molecule has 3 heterocycles. The molecular weight excluding hydrogens is 376 g/mol. The van der Waals surface area contributed by atoms with E-state index in [4.69, 9.17) is 11.6 Å². The zero-order valence-electron chi connectivity index (χ0n) is 16.2. The Balaban J connectivity index is 1.36. The Labute approximate surface area is 170 Å². The largest absolute Gasteiger partial charge is 0.354 e. The molecule has 4 atom stereocenters. The van der Waals surface area contributed by atoms with Crippen LogP contribution in [0.15, 0.2) is 41.8 Å². The van der Waals surface area contributed by atoms with Crippen LogP contribution in [-0.4, -0.2) is 39.9 Å². The first-order valence-electron chi connectivity index (χ1n) is 9.93. The Bertz CT molecular complexity index is 779. The van der Waals surface area contributed by atoms with Crippen molar-refractivity contribution in [3.63, 3.8) is 0 Å². The second kappa shape index (κ2) is 8.01. The fraction of sp³-hybridized carbons (Fsp3) is 0.500. The van der Waals surface area contributed by atoms with Crippen LogP contribution in [0.4, 0.5) is 0 Å². The molecule has 0 radical (unpaired) electrons. The van der Waals surface area contributed by atoms with E-state index < -0.39 is 0 Å². The topological polar surface area (TPSA) is 72.0 Å². The summed E-state index contributed by atoms with van der Waals surface area (Å²) in [6.07, 6.45) is 7.12. The predicted molar refractivity (Wildman–Crippen MR) is 110 cm³/mol. The Morgan fingerprint density at radius 2 is 2.14 bits per heavy atom. The number of carbonyl (C=O) groups excluding carboxylic acids is 1. The minimum absolute atomic E-state index is 0.0717. The van der Waals surface area contributed by atoms with Crippen molar-refractivity contribution >= 4 is 23.3 Å². The molecule has 0 aromatic heterocycles. The van der Waals surface area contributed by atoms with Gasteiger partial charge in [0.15, 0.2) is 0 Å². The number of hydrogen-bond donors (Lipinski definition) is 3. The second-order valence-corrected chi connectivity index (χ2v) is 8.06. The van der Waals surface area contributed by atoms with E-state index in [0.717, 1.165) is 23.7 Å². The lowest BCUT2D eigenvalue weighted by Crippen LogP contribution is -2.54. The molecule has 1 aromatic carbocycles. The van der Waals surface area contributed by atoms with Gasteiger partial charge in [-0.2, -0.15) is 5.10 Å². The van der Waals surface area contributed by atoms with E-state index in [1.54, 1.807) is 0 Å². The van der Waals surface area contributed by atoms with Crippen molar-refractivity contribution in [2.75, 3.05) is 0 Å². The smallest absolute Gasteiger partial charge is 0.220 e. The Hall–Kier alpha value is -2.25. The highest BCUT2D eigenvalue weighted by molar-refractivity contribution is 6.30. The molecule has 1 fully saturated rings. The van der Waals surface area contributed by atoms with Gasteiger partial charge in [0.05, 0.1) is 12.1 Å². The first kappa shape index (κ1) is 19.1. The predicted octanol–water partition coefficient (Wildman–Crippen LogP) is 2.68. The van der Waals surface area contributed by atoms with Crippen molar-refractivity contribution in [3.05, 3.63) is 47.3 Å². The van der Waals surface area contributed by atoms with Crippen LogP contribution in [0.3, 0.4) is 0 Å². The molecule has 3 N–H and O–H groups in total. The van der Waals surface area contributed by atoms with Crippen LogP contribution in [0.1, 0.15) is 51.1 Å². The number of amidine groups is 1. The molecule has 0 saturated carbocycles. The fourth-order valence-corrected chi connectivity index (χ4v) is 4.02. The maximum Gasteiger partial charge on any atom is 0.220 e. The van der Waals surface area contributed by atoms with Crippen LogP contribution < -0.4 is 16.2 Å². The summed E-state index contributed by atoms with van der Waals surface area (Å²) in [5, 5.41) is 10.4. The monoisotopic (exact) mass is 402 g/mol. The maximum atomic E-state index is 12.1. The van der Waals surface area contributed by atoms with Crippen LogP contribution in [0.5, 0.6) is 0 Å². The van der Waals surface area contributed by atoms with Gasteiger partial charge in [-0.15, -0.1) is 0 Å². The van der Waals surface area contributed by atoms with Gasteiger partial charge in [-0.3, -0.25) is 10.2 Å². The molecule has 3 unspecified atom stereocenters. The lowest BCUT2D eigenvalue weighted by molar-refractivity contribution is -0.121. The van der Waals surface area contributed by atoms with E-state index in [0.29, 0.717) is 12.8 Å². The Morgan fingerprint density at radius 1 is 1.36 bits per heavy atom. The van der Waals surface area contributed by atoms with Gasteiger partial charge in [0, 0.05) is 36.3 Å². The van der Waals surface area contributed by atoms with Crippen molar-refractivity contribution < 1.29 is 4.79 Å². The maximum absolute atomic E-state index is 12.1. The number of hydrazone groups is 1. The van der Waals surface area contributed by atoms with Gasteiger partial charge in [-0.25, -0.2) is 5.43 Å². The average molecular weight is 403 g/mol. The number of carbonyl (C=O) groups is 1.